The number of rotatable bonds is 6. The highest BCUT2D eigenvalue weighted by Gasteiger charge is 2.15. The Hall–Kier alpha value is -3.95. The molecule has 0 unspecified atom stereocenters. The third-order valence-corrected chi connectivity index (χ3v) is 4.93. The number of aryl methyl sites for hydroxylation is 3. The van der Waals surface area contributed by atoms with E-state index in [9.17, 15) is 14.4 Å². The number of nitrogens with zero attached hydrogens (tertiary/aromatic N) is 5. The van der Waals surface area contributed by atoms with Gasteiger partial charge in [0.15, 0.2) is 0 Å². The van der Waals surface area contributed by atoms with Crippen molar-refractivity contribution in [2.75, 3.05) is 0 Å². The van der Waals surface area contributed by atoms with Gasteiger partial charge in [-0.3, -0.25) is 9.67 Å². The van der Waals surface area contributed by atoms with Crippen molar-refractivity contribution in [3.8, 4) is 5.69 Å². The summed E-state index contributed by atoms with van der Waals surface area (Å²) in [6, 6.07) is 9.48. The number of H-pyrrole nitrogens is 1. The zero-order valence-corrected chi connectivity index (χ0v) is 16.5. The quantitative estimate of drug-likeness (QED) is 0.507. The van der Waals surface area contributed by atoms with Crippen LogP contribution in [0.25, 0.3) is 5.69 Å². The van der Waals surface area contributed by atoms with E-state index >= 15 is 0 Å². The van der Waals surface area contributed by atoms with Gasteiger partial charge >= 0.3 is 17.1 Å². The zero-order valence-electron chi connectivity index (χ0n) is 16.5. The first-order valence-corrected chi connectivity index (χ1v) is 9.38. The standard InChI is InChI=1S/C20H20N6O4.H2/c1-13-17(14(2)30-23-13)12-24-11-16(10-21-24)26-19(28)22-18(27)25(20(26)29)9-8-15-6-4-3-5-7-15;/h3-7,10-11H,8-9,12H2,1-2H3,(H,22,27,28);1H. The molecule has 0 saturated heterocycles. The molecule has 0 radical (unpaired) electrons. The number of hydrogen-bond donors (Lipinski definition) is 1. The molecule has 3 heterocycles. The van der Waals surface area contributed by atoms with Crippen molar-refractivity contribution >= 4 is 0 Å². The lowest BCUT2D eigenvalue weighted by Gasteiger charge is -2.07. The van der Waals surface area contributed by atoms with Gasteiger partial charge in [0, 0.05) is 19.7 Å². The Balaban J connectivity index is 0.00000272. The van der Waals surface area contributed by atoms with Crippen LogP contribution in [0.1, 0.15) is 24.0 Å². The van der Waals surface area contributed by atoms with Crippen LogP contribution < -0.4 is 17.1 Å². The molecule has 4 aromatic rings. The Morgan fingerprint density at radius 2 is 1.87 bits per heavy atom. The van der Waals surface area contributed by atoms with Crippen molar-refractivity contribution in [1.29, 1.82) is 0 Å². The molecule has 0 aliphatic rings. The number of nitrogens with one attached hydrogen (secondary N) is 1. The fourth-order valence-electron chi connectivity index (χ4n) is 3.26. The monoisotopic (exact) mass is 410 g/mol. The molecule has 1 N–H and O–H groups in total. The normalized spacial score (nSPS) is 11.1. The predicted molar refractivity (Wildman–Crippen MR) is 110 cm³/mol. The van der Waals surface area contributed by atoms with Crippen LogP contribution in [-0.4, -0.2) is 29.1 Å². The Kier molecular flexibility index (Phi) is 5.05. The van der Waals surface area contributed by atoms with Gasteiger partial charge < -0.3 is 4.52 Å². The van der Waals surface area contributed by atoms with Crippen LogP contribution in [0, 0.1) is 13.8 Å². The number of aromatic nitrogens is 6. The van der Waals surface area contributed by atoms with Crippen LogP contribution in [0.2, 0.25) is 0 Å². The summed E-state index contributed by atoms with van der Waals surface area (Å²) in [5, 5.41) is 8.13. The van der Waals surface area contributed by atoms with Gasteiger partial charge in [0.1, 0.15) is 5.76 Å². The van der Waals surface area contributed by atoms with Crippen LogP contribution in [0.5, 0.6) is 0 Å². The van der Waals surface area contributed by atoms with Crippen LogP contribution in [0.15, 0.2) is 61.6 Å². The van der Waals surface area contributed by atoms with E-state index in [1.54, 1.807) is 17.8 Å². The Bertz CT molecular complexity index is 1340. The van der Waals surface area contributed by atoms with Crippen molar-refractivity contribution < 1.29 is 5.95 Å². The summed E-state index contributed by atoms with van der Waals surface area (Å²) in [6.07, 6.45) is 3.45. The molecule has 1 aromatic carbocycles. The second-order valence-corrected chi connectivity index (χ2v) is 6.94. The van der Waals surface area contributed by atoms with Crippen molar-refractivity contribution in [2.24, 2.45) is 0 Å². The highest BCUT2D eigenvalue weighted by atomic mass is 16.5. The lowest BCUT2D eigenvalue weighted by Crippen LogP contribution is -2.48. The maximum Gasteiger partial charge on any atom is 0.341 e. The van der Waals surface area contributed by atoms with E-state index in [1.807, 2.05) is 37.3 Å². The van der Waals surface area contributed by atoms with Crippen molar-refractivity contribution in [1.82, 2.24) is 29.1 Å². The van der Waals surface area contributed by atoms with Crippen molar-refractivity contribution in [3.63, 3.8) is 0 Å². The summed E-state index contributed by atoms with van der Waals surface area (Å²) in [5.41, 5.74) is 0.609. The van der Waals surface area contributed by atoms with E-state index in [-0.39, 0.29) is 13.7 Å². The van der Waals surface area contributed by atoms with Gasteiger partial charge in [0.25, 0.3) is 0 Å². The third-order valence-electron chi connectivity index (χ3n) is 4.93. The van der Waals surface area contributed by atoms with Crippen LogP contribution in [0.4, 0.5) is 0 Å². The largest absolute Gasteiger partial charge is 0.361 e. The Morgan fingerprint density at radius 1 is 1.10 bits per heavy atom. The third kappa shape index (κ3) is 3.66. The highest BCUT2D eigenvalue weighted by Crippen LogP contribution is 2.14. The minimum atomic E-state index is -0.808. The first-order valence-electron chi connectivity index (χ1n) is 9.38. The predicted octanol–water partition coefficient (Wildman–Crippen LogP) is 1.03. The van der Waals surface area contributed by atoms with Crippen molar-refractivity contribution in [2.45, 2.75) is 33.4 Å². The van der Waals surface area contributed by atoms with E-state index in [4.69, 9.17) is 4.52 Å². The minimum Gasteiger partial charge on any atom is -0.361 e. The van der Waals surface area contributed by atoms with E-state index < -0.39 is 17.1 Å². The fourth-order valence-corrected chi connectivity index (χ4v) is 3.26. The smallest absolute Gasteiger partial charge is 0.341 e. The second kappa shape index (κ2) is 7.82. The fraction of sp³-hybridized carbons (Fsp3) is 0.250. The molecule has 4 rings (SSSR count). The van der Waals surface area contributed by atoms with Gasteiger partial charge in [0.05, 0.1) is 24.1 Å². The molecule has 0 bridgehead atoms. The van der Waals surface area contributed by atoms with E-state index in [0.29, 0.717) is 18.7 Å². The van der Waals surface area contributed by atoms with Crippen LogP contribution in [0.3, 0.4) is 0 Å². The molecule has 0 fully saturated rings. The first kappa shape index (κ1) is 19.4. The SMILES string of the molecule is Cc1noc(C)c1Cn1cc(-n2c(=O)[nH]c(=O)n(CCc3ccccc3)c2=O)cn1.[HH]. The summed E-state index contributed by atoms with van der Waals surface area (Å²) in [7, 11) is 0. The maximum absolute atomic E-state index is 12.9. The van der Waals surface area contributed by atoms with E-state index in [0.717, 1.165) is 26.0 Å². The van der Waals surface area contributed by atoms with Gasteiger partial charge in [-0.25, -0.2) is 23.5 Å². The molecule has 10 heteroatoms. The highest BCUT2D eigenvalue weighted by molar-refractivity contribution is 5.26. The zero-order chi connectivity index (χ0) is 21.3. The number of aromatic amines is 1. The summed E-state index contributed by atoms with van der Waals surface area (Å²) in [6.45, 7) is 4.15. The average Bonchev–Trinajstić information content (AvgIpc) is 3.30. The Morgan fingerprint density at radius 3 is 2.57 bits per heavy atom. The molecule has 156 valence electrons. The van der Waals surface area contributed by atoms with E-state index in [1.165, 1.54) is 6.20 Å². The van der Waals surface area contributed by atoms with Gasteiger partial charge in [-0.2, -0.15) is 5.10 Å². The molecule has 0 saturated carbocycles. The first-order chi connectivity index (χ1) is 14.4. The number of hydrogen-bond acceptors (Lipinski definition) is 6. The van der Waals surface area contributed by atoms with Gasteiger partial charge in [-0.15, -0.1) is 0 Å². The van der Waals surface area contributed by atoms with Crippen molar-refractivity contribution in [3.05, 3.63) is 96.8 Å². The van der Waals surface area contributed by atoms with Crippen LogP contribution >= 0.6 is 0 Å². The summed E-state index contributed by atoms with van der Waals surface area (Å²) in [5.74, 6) is 0.675. The average molecular weight is 410 g/mol. The topological polar surface area (TPSA) is 121 Å². The molecule has 3 aromatic heterocycles. The molecule has 0 aliphatic carbocycles. The molecule has 10 nitrogen and oxygen atoms in total. The van der Waals surface area contributed by atoms with Crippen LogP contribution in [-0.2, 0) is 19.5 Å². The molecular weight excluding hydrogens is 388 g/mol. The minimum absolute atomic E-state index is 0. The number of benzene rings is 1. The molecule has 0 amide bonds. The van der Waals surface area contributed by atoms with Gasteiger partial charge in [0.2, 0.25) is 0 Å². The summed E-state index contributed by atoms with van der Waals surface area (Å²) in [4.78, 5) is 39.7. The lowest BCUT2D eigenvalue weighted by molar-refractivity contribution is 0.391. The van der Waals surface area contributed by atoms with E-state index in [2.05, 4.69) is 15.2 Å². The maximum atomic E-state index is 12.9. The van der Waals surface area contributed by atoms with Gasteiger partial charge in [-0.1, -0.05) is 35.5 Å². The Labute approximate surface area is 171 Å². The lowest BCUT2D eigenvalue weighted by atomic mass is 10.1. The molecule has 0 atom stereocenters. The molecular formula is C20H22N6O4. The molecule has 0 spiro atoms. The summed E-state index contributed by atoms with van der Waals surface area (Å²) < 4.78 is 8.65. The van der Waals surface area contributed by atoms with Gasteiger partial charge in [-0.05, 0) is 25.8 Å². The summed E-state index contributed by atoms with van der Waals surface area (Å²) >= 11 is 0. The molecule has 0 aliphatic heterocycles. The molecule has 30 heavy (non-hydrogen) atoms. The second-order valence-electron chi connectivity index (χ2n) is 6.94.